The number of ether oxygens (including phenoxy) is 2. The molecule has 1 aromatic carbocycles. The molecule has 0 radical (unpaired) electrons. The van der Waals surface area contributed by atoms with Gasteiger partial charge in [-0.25, -0.2) is 0 Å². The molecular weight excluding hydrogens is 294 g/mol. The second kappa shape index (κ2) is 10.1. The summed E-state index contributed by atoms with van der Waals surface area (Å²) < 4.78 is 11.2. The molecule has 0 aliphatic heterocycles. The molecule has 0 bridgehead atoms. The van der Waals surface area contributed by atoms with Gasteiger partial charge in [0.05, 0.1) is 19.1 Å². The lowest BCUT2D eigenvalue weighted by molar-refractivity contribution is -0.142. The number of carboxylic acid groups (broad SMARTS) is 1. The number of aliphatic carboxylic acids is 1. The van der Waals surface area contributed by atoms with Crippen LogP contribution in [0.1, 0.15) is 39.2 Å². The Morgan fingerprint density at radius 1 is 1.17 bits per heavy atom. The molecule has 0 aromatic heterocycles. The highest BCUT2D eigenvalue weighted by Crippen LogP contribution is 2.30. The molecular formula is C18H29NO4. The maximum Gasteiger partial charge on any atom is 0.307 e. The van der Waals surface area contributed by atoms with Crippen molar-refractivity contribution >= 4 is 5.97 Å². The smallest absolute Gasteiger partial charge is 0.307 e. The predicted molar refractivity (Wildman–Crippen MR) is 91.1 cm³/mol. The first-order valence-corrected chi connectivity index (χ1v) is 8.36. The van der Waals surface area contributed by atoms with Crippen LogP contribution in [0.3, 0.4) is 0 Å². The predicted octanol–water partition coefficient (Wildman–Crippen LogP) is 3.10. The van der Waals surface area contributed by atoms with Crippen molar-refractivity contribution in [3.8, 4) is 11.5 Å². The van der Waals surface area contributed by atoms with Gasteiger partial charge in [0.15, 0.2) is 11.5 Å². The van der Waals surface area contributed by atoms with E-state index in [1.165, 1.54) is 0 Å². The van der Waals surface area contributed by atoms with Crippen LogP contribution in [0.2, 0.25) is 0 Å². The van der Waals surface area contributed by atoms with Crippen LogP contribution in [0.25, 0.3) is 0 Å². The molecule has 0 aliphatic rings. The largest absolute Gasteiger partial charge is 0.490 e. The van der Waals surface area contributed by atoms with E-state index in [0.717, 1.165) is 29.9 Å². The van der Waals surface area contributed by atoms with Crippen molar-refractivity contribution in [2.75, 3.05) is 19.8 Å². The Morgan fingerprint density at radius 3 is 2.35 bits per heavy atom. The highest BCUT2D eigenvalue weighted by Gasteiger charge is 2.21. The van der Waals surface area contributed by atoms with E-state index in [-0.39, 0.29) is 12.5 Å². The number of rotatable bonds is 11. The average Bonchev–Trinajstić information content (AvgIpc) is 2.53. The van der Waals surface area contributed by atoms with Gasteiger partial charge in [-0.1, -0.05) is 19.4 Å². The normalized spacial score (nSPS) is 13.4. The highest BCUT2D eigenvalue weighted by atomic mass is 16.5. The van der Waals surface area contributed by atoms with Crippen molar-refractivity contribution in [1.82, 2.24) is 0 Å². The Balaban J connectivity index is 2.84. The van der Waals surface area contributed by atoms with Gasteiger partial charge in [0.1, 0.15) is 0 Å². The molecule has 1 aromatic rings. The summed E-state index contributed by atoms with van der Waals surface area (Å²) in [5, 5.41) is 9.18. The van der Waals surface area contributed by atoms with Gasteiger partial charge in [0.2, 0.25) is 0 Å². The zero-order valence-corrected chi connectivity index (χ0v) is 14.4. The van der Waals surface area contributed by atoms with E-state index in [9.17, 15) is 9.90 Å². The summed E-state index contributed by atoms with van der Waals surface area (Å²) in [5.41, 5.74) is 6.70. The summed E-state index contributed by atoms with van der Waals surface area (Å²) in [4.78, 5) is 11.2. The standard InChI is InChI=1S/C18H29NO4/c1-4-13(10-15(12-19)18(20)21)9-14-7-8-16(22-5-2)17(11-14)23-6-3/h7-8,11,13,15H,4-6,9-10,12,19H2,1-3H3,(H,20,21). The Hall–Kier alpha value is -1.75. The number of carboxylic acids is 1. The Bertz CT molecular complexity index is 490. The molecule has 23 heavy (non-hydrogen) atoms. The third-order valence-electron chi connectivity index (χ3n) is 3.96. The van der Waals surface area contributed by atoms with Crippen LogP contribution in [0.15, 0.2) is 18.2 Å². The van der Waals surface area contributed by atoms with Crippen molar-refractivity contribution < 1.29 is 19.4 Å². The first kappa shape index (κ1) is 19.3. The van der Waals surface area contributed by atoms with Crippen LogP contribution in [0, 0.1) is 11.8 Å². The van der Waals surface area contributed by atoms with Crippen molar-refractivity contribution in [2.45, 2.75) is 40.0 Å². The van der Waals surface area contributed by atoms with Crippen molar-refractivity contribution in [1.29, 1.82) is 0 Å². The SMILES string of the molecule is CCOc1ccc(CC(CC)CC(CN)C(=O)O)cc1OCC. The molecule has 3 N–H and O–H groups in total. The van der Waals surface area contributed by atoms with Crippen LogP contribution in [0.5, 0.6) is 11.5 Å². The van der Waals surface area contributed by atoms with Crippen LogP contribution < -0.4 is 15.2 Å². The summed E-state index contributed by atoms with van der Waals surface area (Å²) in [6, 6.07) is 5.94. The van der Waals surface area contributed by atoms with E-state index in [1.54, 1.807) is 0 Å². The molecule has 0 saturated carbocycles. The summed E-state index contributed by atoms with van der Waals surface area (Å²) in [6.45, 7) is 7.31. The molecule has 5 heteroatoms. The van der Waals surface area contributed by atoms with Gasteiger partial charge >= 0.3 is 5.97 Å². The molecule has 5 nitrogen and oxygen atoms in total. The monoisotopic (exact) mass is 323 g/mol. The minimum absolute atomic E-state index is 0.180. The average molecular weight is 323 g/mol. The maximum atomic E-state index is 11.2. The number of carbonyl (C=O) groups is 1. The lowest BCUT2D eigenvalue weighted by Crippen LogP contribution is -2.26. The topological polar surface area (TPSA) is 81.8 Å². The minimum Gasteiger partial charge on any atom is -0.490 e. The van der Waals surface area contributed by atoms with Gasteiger partial charge in [0.25, 0.3) is 0 Å². The van der Waals surface area contributed by atoms with Gasteiger partial charge in [-0.2, -0.15) is 0 Å². The quantitative estimate of drug-likeness (QED) is 0.654. The Labute approximate surface area is 138 Å². The highest BCUT2D eigenvalue weighted by molar-refractivity contribution is 5.70. The van der Waals surface area contributed by atoms with Gasteiger partial charge in [-0.3, -0.25) is 4.79 Å². The summed E-state index contributed by atoms with van der Waals surface area (Å²) in [5.74, 6) is 0.487. The zero-order chi connectivity index (χ0) is 17.2. The van der Waals surface area contributed by atoms with E-state index in [0.29, 0.717) is 19.6 Å². The second-order valence-electron chi connectivity index (χ2n) is 5.63. The molecule has 2 unspecified atom stereocenters. The molecule has 0 spiro atoms. The molecule has 0 heterocycles. The minimum atomic E-state index is -0.812. The second-order valence-corrected chi connectivity index (χ2v) is 5.63. The fourth-order valence-corrected chi connectivity index (χ4v) is 2.65. The number of benzene rings is 1. The lowest BCUT2D eigenvalue weighted by atomic mass is 9.87. The summed E-state index contributed by atoms with van der Waals surface area (Å²) in [7, 11) is 0. The van der Waals surface area contributed by atoms with Crippen molar-refractivity contribution in [2.24, 2.45) is 17.6 Å². The molecule has 0 fully saturated rings. The van der Waals surface area contributed by atoms with Crippen LogP contribution in [0.4, 0.5) is 0 Å². The third kappa shape index (κ3) is 6.10. The van der Waals surface area contributed by atoms with E-state index >= 15 is 0 Å². The van der Waals surface area contributed by atoms with E-state index < -0.39 is 11.9 Å². The number of nitrogens with two attached hydrogens (primary N) is 1. The first-order chi connectivity index (χ1) is 11.0. The first-order valence-electron chi connectivity index (χ1n) is 8.36. The molecule has 130 valence electrons. The summed E-state index contributed by atoms with van der Waals surface area (Å²) >= 11 is 0. The number of hydrogen-bond acceptors (Lipinski definition) is 4. The third-order valence-corrected chi connectivity index (χ3v) is 3.96. The molecule has 0 aliphatic carbocycles. The fraction of sp³-hybridized carbons (Fsp3) is 0.611. The molecule has 0 amide bonds. The van der Waals surface area contributed by atoms with Gasteiger partial charge in [-0.05, 0) is 50.3 Å². The van der Waals surface area contributed by atoms with E-state index in [1.807, 2.05) is 32.0 Å². The number of hydrogen-bond donors (Lipinski definition) is 2. The van der Waals surface area contributed by atoms with Crippen LogP contribution in [-0.4, -0.2) is 30.8 Å². The van der Waals surface area contributed by atoms with Crippen molar-refractivity contribution in [3.63, 3.8) is 0 Å². The zero-order valence-electron chi connectivity index (χ0n) is 14.4. The van der Waals surface area contributed by atoms with Crippen LogP contribution >= 0.6 is 0 Å². The molecule has 1 rings (SSSR count). The van der Waals surface area contributed by atoms with Gasteiger partial charge in [-0.15, -0.1) is 0 Å². The van der Waals surface area contributed by atoms with E-state index in [4.69, 9.17) is 15.2 Å². The van der Waals surface area contributed by atoms with Crippen molar-refractivity contribution in [3.05, 3.63) is 23.8 Å². The van der Waals surface area contributed by atoms with Gasteiger partial charge in [0, 0.05) is 6.54 Å². The van der Waals surface area contributed by atoms with E-state index in [2.05, 4.69) is 6.92 Å². The maximum absolute atomic E-state index is 11.2. The van der Waals surface area contributed by atoms with Gasteiger partial charge < -0.3 is 20.3 Å². The fourth-order valence-electron chi connectivity index (χ4n) is 2.65. The molecule has 2 atom stereocenters. The lowest BCUT2D eigenvalue weighted by Gasteiger charge is -2.20. The Kier molecular flexibility index (Phi) is 8.48. The Morgan fingerprint density at radius 2 is 1.83 bits per heavy atom. The van der Waals surface area contributed by atoms with Crippen LogP contribution in [-0.2, 0) is 11.2 Å². The molecule has 0 saturated heterocycles. The summed E-state index contributed by atoms with van der Waals surface area (Å²) in [6.07, 6.45) is 2.33.